The standard InChI is InChI=1S/C15H21N3O2/c1-4-10(5-2)14(19)16-9(3)11-6-7-12-13(8-11)18-15(20)17-12/h6-10H,4-5H2,1-3H3,(H,16,19)(H2,17,18,20)/t9-/m0/s1. The van der Waals surface area contributed by atoms with Gasteiger partial charge in [0.05, 0.1) is 17.1 Å². The van der Waals surface area contributed by atoms with E-state index in [-0.39, 0.29) is 23.6 Å². The number of imidazole rings is 1. The third-order valence-electron chi connectivity index (χ3n) is 3.76. The van der Waals surface area contributed by atoms with E-state index in [1.165, 1.54) is 0 Å². The predicted molar refractivity (Wildman–Crippen MR) is 79.5 cm³/mol. The number of aromatic amines is 2. The summed E-state index contributed by atoms with van der Waals surface area (Å²) in [6.45, 7) is 6.00. The summed E-state index contributed by atoms with van der Waals surface area (Å²) in [6, 6.07) is 5.59. The van der Waals surface area contributed by atoms with Crippen LogP contribution in [0.1, 0.15) is 45.2 Å². The number of rotatable bonds is 5. The molecule has 0 aliphatic heterocycles. The Morgan fingerprint density at radius 2 is 1.85 bits per heavy atom. The third-order valence-corrected chi connectivity index (χ3v) is 3.76. The SMILES string of the molecule is CCC(CC)C(=O)N[C@@H](C)c1ccc2[nH]c(=O)[nH]c2c1. The molecule has 5 heteroatoms. The van der Waals surface area contributed by atoms with Crippen molar-refractivity contribution in [3.05, 3.63) is 34.2 Å². The fourth-order valence-corrected chi connectivity index (χ4v) is 2.39. The van der Waals surface area contributed by atoms with Gasteiger partial charge in [-0.25, -0.2) is 4.79 Å². The van der Waals surface area contributed by atoms with E-state index in [1.54, 1.807) is 0 Å². The molecule has 1 amide bonds. The van der Waals surface area contributed by atoms with Gasteiger partial charge in [-0.15, -0.1) is 0 Å². The summed E-state index contributed by atoms with van der Waals surface area (Å²) in [4.78, 5) is 28.7. The van der Waals surface area contributed by atoms with Crippen molar-refractivity contribution in [1.82, 2.24) is 15.3 Å². The van der Waals surface area contributed by atoms with Crippen LogP contribution in [0, 0.1) is 5.92 Å². The van der Waals surface area contributed by atoms with Crippen molar-refractivity contribution in [2.75, 3.05) is 0 Å². The van der Waals surface area contributed by atoms with Crippen LogP contribution in [0.4, 0.5) is 0 Å². The first-order valence-electron chi connectivity index (χ1n) is 7.07. The lowest BCUT2D eigenvalue weighted by Crippen LogP contribution is -2.32. The molecule has 2 rings (SSSR count). The Morgan fingerprint density at radius 3 is 2.50 bits per heavy atom. The van der Waals surface area contributed by atoms with Gasteiger partial charge in [0, 0.05) is 5.92 Å². The summed E-state index contributed by atoms with van der Waals surface area (Å²) >= 11 is 0. The smallest absolute Gasteiger partial charge is 0.323 e. The van der Waals surface area contributed by atoms with Gasteiger partial charge in [0.2, 0.25) is 5.91 Å². The lowest BCUT2D eigenvalue weighted by atomic mass is 10.0. The molecule has 0 aliphatic carbocycles. The summed E-state index contributed by atoms with van der Waals surface area (Å²) in [5, 5.41) is 3.03. The molecule has 1 atom stereocenters. The van der Waals surface area contributed by atoms with E-state index in [9.17, 15) is 9.59 Å². The van der Waals surface area contributed by atoms with E-state index < -0.39 is 0 Å². The van der Waals surface area contributed by atoms with Gasteiger partial charge in [0.1, 0.15) is 0 Å². The largest absolute Gasteiger partial charge is 0.349 e. The van der Waals surface area contributed by atoms with E-state index >= 15 is 0 Å². The second kappa shape index (κ2) is 5.94. The van der Waals surface area contributed by atoms with Gasteiger partial charge in [-0.05, 0) is 37.5 Å². The van der Waals surface area contributed by atoms with Gasteiger partial charge < -0.3 is 15.3 Å². The molecule has 1 aromatic heterocycles. The molecule has 1 aromatic carbocycles. The molecule has 108 valence electrons. The lowest BCUT2D eigenvalue weighted by molar-refractivity contribution is -0.125. The number of fused-ring (bicyclic) bond motifs is 1. The van der Waals surface area contributed by atoms with Crippen molar-refractivity contribution in [2.24, 2.45) is 5.92 Å². The Labute approximate surface area is 117 Å². The van der Waals surface area contributed by atoms with Crippen molar-refractivity contribution in [3.63, 3.8) is 0 Å². The van der Waals surface area contributed by atoms with Gasteiger partial charge in [-0.2, -0.15) is 0 Å². The number of carbonyl (C=O) groups excluding carboxylic acids is 1. The molecule has 0 aliphatic rings. The number of carbonyl (C=O) groups is 1. The highest BCUT2D eigenvalue weighted by Gasteiger charge is 2.17. The average Bonchev–Trinajstić information content (AvgIpc) is 2.78. The first-order valence-corrected chi connectivity index (χ1v) is 7.07. The average molecular weight is 275 g/mol. The van der Waals surface area contributed by atoms with Crippen molar-refractivity contribution in [1.29, 1.82) is 0 Å². The van der Waals surface area contributed by atoms with Crippen LogP contribution in [0.3, 0.4) is 0 Å². The number of H-pyrrole nitrogens is 2. The minimum atomic E-state index is -0.217. The van der Waals surface area contributed by atoms with Gasteiger partial charge in [-0.3, -0.25) is 4.79 Å². The number of hydrogen-bond acceptors (Lipinski definition) is 2. The highest BCUT2D eigenvalue weighted by molar-refractivity contribution is 5.79. The Morgan fingerprint density at radius 1 is 1.20 bits per heavy atom. The summed E-state index contributed by atoms with van der Waals surface area (Å²) in [5.41, 5.74) is 2.30. The van der Waals surface area contributed by atoms with Crippen LogP contribution in [0.15, 0.2) is 23.0 Å². The monoisotopic (exact) mass is 275 g/mol. The van der Waals surface area contributed by atoms with Gasteiger partial charge in [0.15, 0.2) is 0 Å². The number of nitrogens with one attached hydrogen (secondary N) is 3. The van der Waals surface area contributed by atoms with Gasteiger partial charge >= 0.3 is 5.69 Å². The zero-order chi connectivity index (χ0) is 14.7. The molecular weight excluding hydrogens is 254 g/mol. The van der Waals surface area contributed by atoms with E-state index in [1.807, 2.05) is 39.0 Å². The molecule has 5 nitrogen and oxygen atoms in total. The Bertz CT molecular complexity index is 652. The molecule has 0 bridgehead atoms. The maximum absolute atomic E-state index is 12.1. The second-order valence-electron chi connectivity index (χ2n) is 5.13. The fraction of sp³-hybridized carbons (Fsp3) is 0.467. The number of hydrogen-bond donors (Lipinski definition) is 3. The molecule has 0 saturated heterocycles. The highest BCUT2D eigenvalue weighted by atomic mass is 16.2. The molecule has 20 heavy (non-hydrogen) atoms. The lowest BCUT2D eigenvalue weighted by Gasteiger charge is -2.18. The molecule has 0 unspecified atom stereocenters. The summed E-state index contributed by atoms with van der Waals surface area (Å²) in [7, 11) is 0. The fourth-order valence-electron chi connectivity index (χ4n) is 2.39. The van der Waals surface area contributed by atoms with Crippen LogP contribution in [0.25, 0.3) is 11.0 Å². The minimum absolute atomic E-state index is 0.0632. The molecule has 0 spiro atoms. The minimum Gasteiger partial charge on any atom is -0.349 e. The molecule has 3 N–H and O–H groups in total. The maximum atomic E-state index is 12.1. The Balaban J connectivity index is 2.16. The molecule has 0 saturated carbocycles. The van der Waals surface area contributed by atoms with Crippen molar-refractivity contribution < 1.29 is 4.79 Å². The Kier molecular flexibility index (Phi) is 4.27. The normalized spacial score (nSPS) is 12.8. The maximum Gasteiger partial charge on any atom is 0.323 e. The van der Waals surface area contributed by atoms with Crippen LogP contribution < -0.4 is 11.0 Å². The zero-order valence-electron chi connectivity index (χ0n) is 12.1. The Hall–Kier alpha value is -2.04. The van der Waals surface area contributed by atoms with Crippen molar-refractivity contribution >= 4 is 16.9 Å². The zero-order valence-corrected chi connectivity index (χ0v) is 12.1. The van der Waals surface area contributed by atoms with Crippen LogP contribution in [-0.4, -0.2) is 15.9 Å². The second-order valence-corrected chi connectivity index (χ2v) is 5.13. The predicted octanol–water partition coefficient (Wildman–Crippen LogP) is 2.47. The van der Waals surface area contributed by atoms with E-state index in [0.717, 1.165) is 29.4 Å². The quantitative estimate of drug-likeness (QED) is 0.784. The first-order chi connectivity index (χ1) is 9.55. The molecule has 1 heterocycles. The van der Waals surface area contributed by atoms with Gasteiger partial charge in [0.25, 0.3) is 0 Å². The first kappa shape index (κ1) is 14.4. The summed E-state index contributed by atoms with van der Waals surface area (Å²) < 4.78 is 0. The van der Waals surface area contributed by atoms with Gasteiger partial charge in [-0.1, -0.05) is 19.9 Å². The molecule has 2 aromatic rings. The van der Waals surface area contributed by atoms with E-state index in [4.69, 9.17) is 0 Å². The number of aromatic nitrogens is 2. The molecular formula is C15H21N3O2. The number of amides is 1. The number of benzene rings is 1. The topological polar surface area (TPSA) is 77.8 Å². The molecule has 0 fully saturated rings. The van der Waals surface area contributed by atoms with Crippen molar-refractivity contribution in [3.8, 4) is 0 Å². The van der Waals surface area contributed by atoms with Crippen molar-refractivity contribution in [2.45, 2.75) is 39.7 Å². The highest BCUT2D eigenvalue weighted by Crippen LogP contribution is 2.18. The van der Waals surface area contributed by atoms with Crippen LogP contribution >= 0.6 is 0 Å². The van der Waals surface area contributed by atoms with E-state index in [0.29, 0.717) is 0 Å². The summed E-state index contributed by atoms with van der Waals surface area (Å²) in [5.74, 6) is 0.151. The van der Waals surface area contributed by atoms with Crippen LogP contribution in [0.5, 0.6) is 0 Å². The van der Waals surface area contributed by atoms with Crippen LogP contribution in [-0.2, 0) is 4.79 Å². The van der Waals surface area contributed by atoms with E-state index in [2.05, 4.69) is 15.3 Å². The molecule has 0 radical (unpaired) electrons. The third kappa shape index (κ3) is 2.92. The van der Waals surface area contributed by atoms with Crippen LogP contribution in [0.2, 0.25) is 0 Å². The summed E-state index contributed by atoms with van der Waals surface area (Å²) in [6.07, 6.45) is 1.69.